The van der Waals surface area contributed by atoms with E-state index in [2.05, 4.69) is 5.32 Å². The lowest BCUT2D eigenvalue weighted by Gasteiger charge is -2.34. The number of carbonyl (C=O) groups is 2. The summed E-state index contributed by atoms with van der Waals surface area (Å²) in [5.74, 6) is -2.00. The molecule has 2 aromatic rings. The second-order valence-corrected chi connectivity index (χ2v) is 6.36. The van der Waals surface area contributed by atoms with Gasteiger partial charge in [0.2, 0.25) is 11.8 Å². The molecule has 1 saturated heterocycles. The Morgan fingerprint density at radius 2 is 1.90 bits per heavy atom. The molecule has 1 N–H and O–H groups in total. The second-order valence-electron chi connectivity index (χ2n) is 6.36. The zero-order valence-electron chi connectivity index (χ0n) is 15.9. The quantitative estimate of drug-likeness (QED) is 0.797. The molecule has 0 aromatic heterocycles. The molecule has 1 atom stereocenters. The average Bonchev–Trinajstić information content (AvgIpc) is 2.72. The first-order valence-corrected chi connectivity index (χ1v) is 8.77. The van der Waals surface area contributed by atoms with E-state index in [-0.39, 0.29) is 31.4 Å². The molecule has 0 unspecified atom stereocenters. The Hall–Kier alpha value is -3.20. The predicted molar refractivity (Wildman–Crippen MR) is 99.7 cm³/mol. The van der Waals surface area contributed by atoms with Crippen LogP contribution in [0.4, 0.5) is 14.5 Å². The largest absolute Gasteiger partial charge is 0.493 e. The van der Waals surface area contributed by atoms with E-state index in [9.17, 15) is 18.4 Å². The molecule has 29 heavy (non-hydrogen) atoms. The number of methoxy groups -OCH3 is 2. The number of hydrogen-bond acceptors (Lipinski definition) is 5. The van der Waals surface area contributed by atoms with Crippen LogP contribution in [0.1, 0.15) is 5.56 Å². The third-order valence-corrected chi connectivity index (χ3v) is 4.49. The van der Waals surface area contributed by atoms with Crippen molar-refractivity contribution in [2.75, 3.05) is 32.8 Å². The van der Waals surface area contributed by atoms with Crippen LogP contribution in [0, 0.1) is 11.6 Å². The Labute approximate surface area is 166 Å². The van der Waals surface area contributed by atoms with Crippen molar-refractivity contribution < 1.29 is 32.6 Å². The molecule has 9 heteroatoms. The minimum Gasteiger partial charge on any atom is -0.493 e. The van der Waals surface area contributed by atoms with Crippen LogP contribution in [0.25, 0.3) is 0 Å². The lowest BCUT2D eigenvalue weighted by atomic mass is 10.1. The highest BCUT2D eigenvalue weighted by atomic mass is 19.2. The van der Waals surface area contributed by atoms with Gasteiger partial charge in [-0.15, -0.1) is 0 Å². The Balaban J connectivity index is 1.79. The third-order valence-electron chi connectivity index (χ3n) is 4.49. The number of amides is 2. The highest BCUT2D eigenvalue weighted by Gasteiger charge is 2.34. The standard InChI is InChI=1S/C20H20F2N2O5/c1-27-17-6-3-12(7-18(17)28-2)9-24-16(10-29-11-19(24)25)20(26)23-13-4-5-14(21)15(22)8-13/h3-8,16H,9-11H2,1-2H3,(H,23,26)/t16-/m0/s1. The van der Waals surface area contributed by atoms with Crippen LogP contribution >= 0.6 is 0 Å². The van der Waals surface area contributed by atoms with Crippen LogP contribution in [0.15, 0.2) is 36.4 Å². The molecule has 0 aliphatic carbocycles. The number of nitrogens with zero attached hydrogens (tertiary/aromatic N) is 1. The van der Waals surface area contributed by atoms with Crippen molar-refractivity contribution in [2.24, 2.45) is 0 Å². The molecule has 0 spiro atoms. The maximum atomic E-state index is 13.4. The minimum atomic E-state index is -1.08. The first-order valence-electron chi connectivity index (χ1n) is 8.77. The summed E-state index contributed by atoms with van der Waals surface area (Å²) < 4.78 is 42.2. The summed E-state index contributed by atoms with van der Waals surface area (Å²) in [6.07, 6.45) is 0. The lowest BCUT2D eigenvalue weighted by Crippen LogP contribution is -2.54. The summed E-state index contributed by atoms with van der Waals surface area (Å²) in [5.41, 5.74) is 0.807. The highest BCUT2D eigenvalue weighted by molar-refractivity contribution is 5.97. The van der Waals surface area contributed by atoms with Crippen LogP contribution in [0.5, 0.6) is 11.5 Å². The molecular formula is C20H20F2N2O5. The monoisotopic (exact) mass is 406 g/mol. The Morgan fingerprint density at radius 3 is 2.59 bits per heavy atom. The summed E-state index contributed by atoms with van der Waals surface area (Å²) in [6, 6.07) is 7.26. The summed E-state index contributed by atoms with van der Waals surface area (Å²) in [5, 5.41) is 2.49. The first kappa shape index (κ1) is 20.5. The number of carbonyl (C=O) groups excluding carboxylic acids is 2. The average molecular weight is 406 g/mol. The smallest absolute Gasteiger partial charge is 0.249 e. The number of halogens is 2. The van der Waals surface area contributed by atoms with Gasteiger partial charge in [-0.25, -0.2) is 8.78 Å². The Bertz CT molecular complexity index is 922. The molecule has 7 nitrogen and oxygen atoms in total. The molecule has 1 aliphatic rings. The van der Waals surface area contributed by atoms with Crippen molar-refractivity contribution >= 4 is 17.5 Å². The molecule has 0 bridgehead atoms. The number of nitrogens with one attached hydrogen (secondary N) is 1. The van der Waals surface area contributed by atoms with Gasteiger partial charge in [0.15, 0.2) is 23.1 Å². The fraction of sp³-hybridized carbons (Fsp3) is 0.300. The normalized spacial score (nSPS) is 16.5. The van der Waals surface area contributed by atoms with Crippen LogP contribution in [0.3, 0.4) is 0 Å². The maximum absolute atomic E-state index is 13.4. The minimum absolute atomic E-state index is 0.0193. The highest BCUT2D eigenvalue weighted by Crippen LogP contribution is 2.28. The Kier molecular flexibility index (Phi) is 6.28. The molecule has 154 valence electrons. The third kappa shape index (κ3) is 4.62. The summed E-state index contributed by atoms with van der Waals surface area (Å²) >= 11 is 0. The molecule has 1 heterocycles. The van der Waals surface area contributed by atoms with E-state index >= 15 is 0 Å². The lowest BCUT2D eigenvalue weighted by molar-refractivity contribution is -0.154. The zero-order valence-corrected chi connectivity index (χ0v) is 15.9. The molecule has 1 fully saturated rings. The van der Waals surface area contributed by atoms with Crippen molar-refractivity contribution in [3.8, 4) is 11.5 Å². The van der Waals surface area contributed by atoms with Crippen LogP contribution in [-0.2, 0) is 20.9 Å². The topological polar surface area (TPSA) is 77.1 Å². The second kappa shape index (κ2) is 8.87. The molecule has 3 rings (SSSR count). The molecular weight excluding hydrogens is 386 g/mol. The van der Waals surface area contributed by atoms with E-state index in [1.54, 1.807) is 18.2 Å². The fourth-order valence-corrected chi connectivity index (χ4v) is 3.00. The fourth-order valence-electron chi connectivity index (χ4n) is 3.00. The number of rotatable bonds is 6. The van der Waals surface area contributed by atoms with Crippen molar-refractivity contribution in [1.82, 2.24) is 4.90 Å². The number of ether oxygens (including phenoxy) is 3. The summed E-state index contributed by atoms with van der Waals surface area (Å²) in [7, 11) is 3.02. The van der Waals surface area contributed by atoms with E-state index in [1.807, 2.05) is 0 Å². The molecule has 2 amide bonds. The van der Waals surface area contributed by atoms with E-state index in [4.69, 9.17) is 14.2 Å². The number of morpholine rings is 1. The van der Waals surface area contributed by atoms with Crippen LogP contribution in [-0.4, -0.2) is 50.2 Å². The Morgan fingerprint density at radius 1 is 1.14 bits per heavy atom. The van der Waals surface area contributed by atoms with Crippen molar-refractivity contribution in [3.05, 3.63) is 53.6 Å². The SMILES string of the molecule is COc1ccc(CN2C(=O)COC[C@H]2C(=O)Nc2ccc(F)c(F)c2)cc1OC. The molecule has 1 aliphatic heterocycles. The van der Waals surface area contributed by atoms with Gasteiger partial charge in [0.1, 0.15) is 12.6 Å². The van der Waals surface area contributed by atoms with Crippen molar-refractivity contribution in [1.29, 1.82) is 0 Å². The van der Waals surface area contributed by atoms with Gasteiger partial charge in [0, 0.05) is 18.3 Å². The van der Waals surface area contributed by atoms with Crippen LogP contribution in [0.2, 0.25) is 0 Å². The maximum Gasteiger partial charge on any atom is 0.249 e. The van der Waals surface area contributed by atoms with Gasteiger partial charge in [0.25, 0.3) is 0 Å². The van der Waals surface area contributed by atoms with E-state index in [0.29, 0.717) is 11.5 Å². The van der Waals surface area contributed by atoms with E-state index in [0.717, 1.165) is 17.7 Å². The van der Waals surface area contributed by atoms with Crippen molar-refractivity contribution in [2.45, 2.75) is 12.6 Å². The van der Waals surface area contributed by atoms with Gasteiger partial charge in [-0.05, 0) is 29.8 Å². The van der Waals surface area contributed by atoms with Crippen LogP contribution < -0.4 is 14.8 Å². The predicted octanol–water partition coefficient (Wildman–Crippen LogP) is 2.35. The van der Waals surface area contributed by atoms with Gasteiger partial charge < -0.3 is 24.4 Å². The summed E-state index contributed by atoms with van der Waals surface area (Å²) in [4.78, 5) is 26.5. The van der Waals surface area contributed by atoms with Gasteiger partial charge in [-0.2, -0.15) is 0 Å². The molecule has 0 saturated carbocycles. The first-order chi connectivity index (χ1) is 13.9. The van der Waals surface area contributed by atoms with Gasteiger partial charge in [0.05, 0.1) is 20.8 Å². The van der Waals surface area contributed by atoms with E-state index in [1.165, 1.54) is 25.2 Å². The number of anilines is 1. The number of benzene rings is 2. The van der Waals surface area contributed by atoms with Gasteiger partial charge in [-0.3, -0.25) is 9.59 Å². The molecule has 2 aromatic carbocycles. The zero-order chi connectivity index (χ0) is 21.0. The summed E-state index contributed by atoms with van der Waals surface area (Å²) in [6.45, 7) is -0.0325. The van der Waals surface area contributed by atoms with Gasteiger partial charge in [-0.1, -0.05) is 6.07 Å². The molecule has 0 radical (unpaired) electrons. The van der Waals surface area contributed by atoms with E-state index < -0.39 is 23.6 Å². The van der Waals surface area contributed by atoms with Crippen molar-refractivity contribution in [3.63, 3.8) is 0 Å². The van der Waals surface area contributed by atoms with Gasteiger partial charge >= 0.3 is 0 Å². The number of hydrogen-bond donors (Lipinski definition) is 1.